The summed E-state index contributed by atoms with van der Waals surface area (Å²) in [6.45, 7) is 5.42. The maximum absolute atomic E-state index is 8.61. The number of ether oxygens (including phenoxy) is 1. The van der Waals surface area contributed by atoms with Crippen LogP contribution in [0.1, 0.15) is 30.8 Å². The second kappa shape index (κ2) is 6.78. The normalized spacial score (nSPS) is 11.6. The van der Waals surface area contributed by atoms with E-state index in [9.17, 15) is 0 Å². The van der Waals surface area contributed by atoms with Gasteiger partial charge in [0.1, 0.15) is 12.4 Å². The Morgan fingerprint density at radius 2 is 2.05 bits per heavy atom. The van der Waals surface area contributed by atoms with Crippen LogP contribution in [0.3, 0.4) is 0 Å². The van der Waals surface area contributed by atoms with Crippen molar-refractivity contribution in [2.75, 3.05) is 0 Å². The molecule has 1 heterocycles. The number of aromatic nitrogens is 2. The maximum atomic E-state index is 8.61. The predicted molar refractivity (Wildman–Crippen MR) is 80.6 cm³/mol. The summed E-state index contributed by atoms with van der Waals surface area (Å²) < 4.78 is 7.70. The second-order valence-corrected chi connectivity index (χ2v) is 4.59. The van der Waals surface area contributed by atoms with Crippen molar-refractivity contribution in [2.45, 2.75) is 33.4 Å². The van der Waals surface area contributed by atoms with Gasteiger partial charge in [0.05, 0.1) is 11.4 Å². The van der Waals surface area contributed by atoms with Gasteiger partial charge in [-0.15, -0.1) is 0 Å². The highest BCUT2D eigenvalue weighted by Crippen LogP contribution is 2.15. The van der Waals surface area contributed by atoms with Crippen LogP contribution in [0.2, 0.25) is 0 Å². The fourth-order valence-corrected chi connectivity index (χ4v) is 2.01. The molecule has 0 fully saturated rings. The minimum atomic E-state index is 0.0817. The van der Waals surface area contributed by atoms with E-state index in [0.29, 0.717) is 12.2 Å². The zero-order chi connectivity index (χ0) is 15.2. The summed E-state index contributed by atoms with van der Waals surface area (Å²) in [5, 5.41) is 16.1. The molecule has 112 valence electrons. The molecule has 0 radical (unpaired) electrons. The Labute approximate surface area is 123 Å². The third-order valence-corrected chi connectivity index (χ3v) is 3.22. The van der Waals surface area contributed by atoms with E-state index in [4.69, 9.17) is 15.7 Å². The van der Waals surface area contributed by atoms with E-state index in [1.54, 1.807) is 24.3 Å². The Morgan fingerprint density at radius 3 is 2.62 bits per heavy atom. The van der Waals surface area contributed by atoms with Gasteiger partial charge in [-0.2, -0.15) is 5.10 Å². The third-order valence-electron chi connectivity index (χ3n) is 3.22. The van der Waals surface area contributed by atoms with E-state index in [1.165, 1.54) is 0 Å². The lowest BCUT2D eigenvalue weighted by Crippen LogP contribution is -2.12. The number of aryl methyl sites for hydroxylation is 2. The quantitative estimate of drug-likeness (QED) is 0.369. The smallest absolute Gasteiger partial charge is 0.170 e. The molecular formula is C15H20N4O2. The van der Waals surface area contributed by atoms with Crippen LogP contribution in [-0.4, -0.2) is 20.8 Å². The predicted octanol–water partition coefficient (Wildman–Crippen LogP) is 2.14. The number of rotatable bonds is 6. The maximum Gasteiger partial charge on any atom is 0.170 e. The highest BCUT2D eigenvalue weighted by Gasteiger charge is 2.07. The summed E-state index contributed by atoms with van der Waals surface area (Å²) in [4.78, 5) is 0. The topological polar surface area (TPSA) is 85.7 Å². The highest BCUT2D eigenvalue weighted by atomic mass is 16.5. The molecule has 0 saturated heterocycles. The fourth-order valence-electron chi connectivity index (χ4n) is 2.01. The van der Waals surface area contributed by atoms with Crippen molar-refractivity contribution < 1.29 is 9.94 Å². The first-order valence-corrected chi connectivity index (χ1v) is 6.94. The Bertz CT molecular complexity index is 617. The van der Waals surface area contributed by atoms with E-state index < -0.39 is 0 Å². The molecule has 1 aromatic heterocycles. The third kappa shape index (κ3) is 3.53. The number of nitrogens with two attached hydrogens (primary N) is 1. The lowest BCUT2D eigenvalue weighted by atomic mass is 10.2. The summed E-state index contributed by atoms with van der Waals surface area (Å²) in [5.41, 5.74) is 8.28. The number of nitrogens with zero attached hydrogens (tertiary/aromatic N) is 3. The minimum Gasteiger partial charge on any atom is -0.487 e. The van der Waals surface area contributed by atoms with E-state index in [2.05, 4.69) is 30.2 Å². The minimum absolute atomic E-state index is 0.0817. The first-order chi connectivity index (χ1) is 10.2. The molecular weight excluding hydrogens is 268 g/mol. The lowest BCUT2D eigenvalue weighted by molar-refractivity contribution is 0.292. The molecule has 3 N–H and O–H groups in total. The number of hydrogen-bond donors (Lipinski definition) is 2. The van der Waals surface area contributed by atoms with Crippen LogP contribution in [0.15, 0.2) is 35.5 Å². The zero-order valence-electron chi connectivity index (χ0n) is 12.3. The molecule has 0 spiro atoms. The summed E-state index contributed by atoms with van der Waals surface area (Å²) in [7, 11) is 0. The van der Waals surface area contributed by atoms with Crippen molar-refractivity contribution in [3.63, 3.8) is 0 Å². The van der Waals surface area contributed by atoms with Gasteiger partial charge in [-0.1, -0.05) is 12.1 Å². The molecule has 0 atom stereocenters. The number of oxime groups is 1. The summed E-state index contributed by atoms with van der Waals surface area (Å²) in [6, 6.07) is 9.15. The van der Waals surface area contributed by atoms with Crippen LogP contribution >= 0.6 is 0 Å². The molecule has 0 saturated carbocycles. The molecule has 1 aromatic carbocycles. The van der Waals surface area contributed by atoms with Crippen LogP contribution in [0.5, 0.6) is 5.75 Å². The average Bonchev–Trinajstić information content (AvgIpc) is 2.95. The van der Waals surface area contributed by atoms with E-state index in [0.717, 1.165) is 30.1 Å². The highest BCUT2D eigenvalue weighted by molar-refractivity contribution is 5.97. The van der Waals surface area contributed by atoms with Gasteiger partial charge in [-0.25, -0.2) is 0 Å². The van der Waals surface area contributed by atoms with Crippen molar-refractivity contribution in [1.29, 1.82) is 0 Å². The van der Waals surface area contributed by atoms with Gasteiger partial charge >= 0.3 is 0 Å². The molecule has 2 rings (SSSR count). The molecule has 0 unspecified atom stereocenters. The van der Waals surface area contributed by atoms with Crippen molar-refractivity contribution >= 4 is 5.84 Å². The monoisotopic (exact) mass is 288 g/mol. The van der Waals surface area contributed by atoms with Crippen LogP contribution in [-0.2, 0) is 19.6 Å². The standard InChI is InChI=1S/C15H20N4O2/c1-3-12-9-13(19(4-2)17-12)10-21-14-7-5-11(6-8-14)15(16)18-20/h5-9,20H,3-4,10H2,1-2H3,(H2,16,18). The van der Waals surface area contributed by atoms with Crippen molar-refractivity contribution in [1.82, 2.24) is 9.78 Å². The summed E-state index contributed by atoms with van der Waals surface area (Å²) in [6.07, 6.45) is 0.911. The van der Waals surface area contributed by atoms with Gasteiger partial charge in [0.15, 0.2) is 5.84 Å². The van der Waals surface area contributed by atoms with Gasteiger partial charge in [-0.3, -0.25) is 4.68 Å². The molecule has 6 heteroatoms. The molecule has 21 heavy (non-hydrogen) atoms. The molecule has 6 nitrogen and oxygen atoms in total. The van der Waals surface area contributed by atoms with Crippen molar-refractivity contribution in [2.24, 2.45) is 10.9 Å². The fraction of sp³-hybridized carbons (Fsp3) is 0.333. The first kappa shape index (κ1) is 14.9. The summed E-state index contributed by atoms with van der Waals surface area (Å²) in [5.74, 6) is 0.810. The Balaban J connectivity index is 2.04. The van der Waals surface area contributed by atoms with E-state index in [1.807, 2.05) is 4.68 Å². The van der Waals surface area contributed by atoms with Crippen LogP contribution < -0.4 is 10.5 Å². The van der Waals surface area contributed by atoms with Crippen LogP contribution in [0, 0.1) is 0 Å². The van der Waals surface area contributed by atoms with E-state index in [-0.39, 0.29) is 5.84 Å². The molecule has 0 amide bonds. The van der Waals surface area contributed by atoms with Gasteiger partial charge in [0, 0.05) is 12.1 Å². The van der Waals surface area contributed by atoms with Crippen molar-refractivity contribution in [3.05, 3.63) is 47.3 Å². The summed E-state index contributed by atoms with van der Waals surface area (Å²) >= 11 is 0. The van der Waals surface area contributed by atoms with Crippen molar-refractivity contribution in [3.8, 4) is 5.75 Å². The Morgan fingerprint density at radius 1 is 1.33 bits per heavy atom. The number of hydrogen-bond acceptors (Lipinski definition) is 4. The van der Waals surface area contributed by atoms with Crippen LogP contribution in [0.25, 0.3) is 0 Å². The largest absolute Gasteiger partial charge is 0.487 e. The Hall–Kier alpha value is -2.50. The SMILES string of the molecule is CCc1cc(COc2ccc(C(N)=NO)cc2)n(CC)n1. The molecule has 0 aliphatic rings. The molecule has 0 aliphatic heterocycles. The molecule has 0 bridgehead atoms. The molecule has 0 aliphatic carbocycles. The number of amidine groups is 1. The van der Waals surface area contributed by atoms with Gasteiger partial charge in [0.2, 0.25) is 0 Å². The average molecular weight is 288 g/mol. The van der Waals surface area contributed by atoms with Gasteiger partial charge in [-0.05, 0) is 43.7 Å². The van der Waals surface area contributed by atoms with Gasteiger partial charge in [0.25, 0.3) is 0 Å². The van der Waals surface area contributed by atoms with Gasteiger partial charge < -0.3 is 15.7 Å². The lowest BCUT2D eigenvalue weighted by Gasteiger charge is -2.08. The molecule has 2 aromatic rings. The number of benzene rings is 1. The Kier molecular flexibility index (Phi) is 4.81. The second-order valence-electron chi connectivity index (χ2n) is 4.59. The first-order valence-electron chi connectivity index (χ1n) is 6.94. The van der Waals surface area contributed by atoms with E-state index >= 15 is 0 Å². The van der Waals surface area contributed by atoms with Crippen LogP contribution in [0.4, 0.5) is 0 Å². The zero-order valence-corrected chi connectivity index (χ0v) is 12.3.